The molecule has 7 heteroatoms. The van der Waals surface area contributed by atoms with Crippen LogP contribution in [0.15, 0.2) is 0 Å². The predicted octanol–water partition coefficient (Wildman–Crippen LogP) is -0.311. The van der Waals surface area contributed by atoms with Gasteiger partial charge in [0.2, 0.25) is 0 Å². The van der Waals surface area contributed by atoms with E-state index in [4.69, 9.17) is 14.9 Å². The van der Waals surface area contributed by atoms with E-state index in [1.807, 2.05) is 0 Å². The van der Waals surface area contributed by atoms with Crippen LogP contribution >= 0.6 is 0 Å². The Labute approximate surface area is 111 Å². The van der Waals surface area contributed by atoms with Crippen LogP contribution in [0.4, 0.5) is 4.79 Å². The van der Waals surface area contributed by atoms with E-state index in [2.05, 4.69) is 10.6 Å². The van der Waals surface area contributed by atoms with Crippen molar-refractivity contribution in [1.82, 2.24) is 10.6 Å². The molecule has 2 fully saturated rings. The number of aliphatic carboxylic acids is 1. The van der Waals surface area contributed by atoms with Gasteiger partial charge in [-0.3, -0.25) is 0 Å². The van der Waals surface area contributed by atoms with Crippen molar-refractivity contribution in [3.05, 3.63) is 0 Å². The Kier molecular flexibility index (Phi) is 4.60. The highest BCUT2D eigenvalue weighted by Gasteiger charge is 2.41. The molecular weight excluding hydrogens is 252 g/mol. The predicted molar refractivity (Wildman–Crippen MR) is 65.7 cm³/mol. The number of hydrogen-bond acceptors (Lipinski definition) is 4. The van der Waals surface area contributed by atoms with E-state index in [-0.39, 0.29) is 25.2 Å². The zero-order valence-electron chi connectivity index (χ0n) is 10.7. The normalized spacial score (nSPS) is 27.8. The summed E-state index contributed by atoms with van der Waals surface area (Å²) < 4.78 is 5.59. The molecule has 3 unspecified atom stereocenters. The topological polar surface area (TPSA) is 108 Å². The molecule has 2 amide bonds. The molecule has 2 aliphatic rings. The van der Waals surface area contributed by atoms with Crippen LogP contribution in [0.1, 0.15) is 25.7 Å². The Morgan fingerprint density at radius 2 is 2.05 bits per heavy atom. The zero-order chi connectivity index (χ0) is 13.8. The average molecular weight is 272 g/mol. The molecule has 1 saturated carbocycles. The van der Waals surface area contributed by atoms with Crippen molar-refractivity contribution in [1.29, 1.82) is 0 Å². The number of carbonyl (C=O) groups is 2. The summed E-state index contributed by atoms with van der Waals surface area (Å²) in [7, 11) is 0. The number of nitrogens with one attached hydrogen (secondary N) is 2. The van der Waals surface area contributed by atoms with Gasteiger partial charge in [0.1, 0.15) is 6.04 Å². The highest BCUT2D eigenvalue weighted by atomic mass is 16.5. The van der Waals surface area contributed by atoms with Crippen molar-refractivity contribution >= 4 is 12.0 Å². The Bertz CT molecular complexity index is 345. The molecule has 4 N–H and O–H groups in total. The van der Waals surface area contributed by atoms with Crippen LogP contribution in [0.5, 0.6) is 0 Å². The molecule has 1 heterocycles. The van der Waals surface area contributed by atoms with Gasteiger partial charge in [0.25, 0.3) is 0 Å². The molecule has 0 bridgehead atoms. The van der Waals surface area contributed by atoms with E-state index in [9.17, 15) is 9.59 Å². The standard InChI is InChI=1S/C12H20N2O5/c15-5-3-9(11(16)17)14-12(18)13-8-4-6-19-10(8)7-1-2-7/h7-10,15H,1-6H2,(H,16,17)(H2,13,14,18). The molecule has 19 heavy (non-hydrogen) atoms. The van der Waals surface area contributed by atoms with E-state index in [1.54, 1.807) is 0 Å². The van der Waals surface area contributed by atoms with Crippen LogP contribution in [0.25, 0.3) is 0 Å². The Morgan fingerprint density at radius 3 is 2.63 bits per heavy atom. The first-order valence-electron chi connectivity index (χ1n) is 6.64. The first-order valence-corrected chi connectivity index (χ1v) is 6.64. The summed E-state index contributed by atoms with van der Waals surface area (Å²) in [6.07, 6.45) is 3.08. The van der Waals surface area contributed by atoms with E-state index in [1.165, 1.54) is 0 Å². The summed E-state index contributed by atoms with van der Waals surface area (Å²) in [6, 6.07) is -1.62. The van der Waals surface area contributed by atoms with Crippen molar-refractivity contribution in [2.45, 2.75) is 43.9 Å². The maximum atomic E-state index is 11.8. The summed E-state index contributed by atoms with van der Waals surface area (Å²) >= 11 is 0. The summed E-state index contributed by atoms with van der Waals surface area (Å²) in [5.41, 5.74) is 0. The number of carboxylic acids is 1. The highest BCUT2D eigenvalue weighted by Crippen LogP contribution is 2.38. The first kappa shape index (κ1) is 14.1. The fraction of sp³-hybridized carbons (Fsp3) is 0.833. The average Bonchev–Trinajstić information content (AvgIpc) is 3.10. The molecule has 0 aromatic rings. The Balaban J connectivity index is 1.80. The second-order valence-corrected chi connectivity index (χ2v) is 5.09. The maximum Gasteiger partial charge on any atom is 0.326 e. The van der Waals surface area contributed by atoms with Crippen LogP contribution in [0.2, 0.25) is 0 Å². The number of carbonyl (C=O) groups excluding carboxylic acids is 1. The smallest absolute Gasteiger partial charge is 0.326 e. The van der Waals surface area contributed by atoms with Crippen molar-refractivity contribution < 1.29 is 24.5 Å². The van der Waals surface area contributed by atoms with Crippen LogP contribution < -0.4 is 10.6 Å². The molecule has 2 rings (SSSR count). The fourth-order valence-corrected chi connectivity index (χ4v) is 2.41. The minimum Gasteiger partial charge on any atom is -0.480 e. The monoisotopic (exact) mass is 272 g/mol. The van der Waals surface area contributed by atoms with Gasteiger partial charge in [0, 0.05) is 19.6 Å². The Hall–Kier alpha value is -1.34. The van der Waals surface area contributed by atoms with E-state index >= 15 is 0 Å². The number of ether oxygens (including phenoxy) is 1. The van der Waals surface area contributed by atoms with Crippen molar-refractivity contribution in [3.8, 4) is 0 Å². The number of urea groups is 1. The van der Waals surface area contributed by atoms with Gasteiger partial charge in [-0.1, -0.05) is 0 Å². The summed E-state index contributed by atoms with van der Waals surface area (Å²) in [5, 5.41) is 22.8. The number of aliphatic hydroxyl groups excluding tert-OH is 1. The van der Waals surface area contributed by atoms with Crippen molar-refractivity contribution in [3.63, 3.8) is 0 Å². The van der Waals surface area contributed by atoms with Gasteiger partial charge in [0.05, 0.1) is 12.1 Å². The highest BCUT2D eigenvalue weighted by molar-refractivity contribution is 5.82. The minimum atomic E-state index is -1.15. The lowest BCUT2D eigenvalue weighted by molar-refractivity contribution is -0.139. The molecule has 1 saturated heterocycles. The van der Waals surface area contributed by atoms with E-state index < -0.39 is 18.0 Å². The molecule has 108 valence electrons. The van der Waals surface area contributed by atoms with Crippen molar-refractivity contribution in [2.24, 2.45) is 5.92 Å². The third-order valence-corrected chi connectivity index (χ3v) is 3.56. The van der Waals surface area contributed by atoms with Crippen molar-refractivity contribution in [2.75, 3.05) is 13.2 Å². The summed E-state index contributed by atoms with van der Waals surface area (Å²) in [5.74, 6) is -0.619. The van der Waals surface area contributed by atoms with Crippen LogP contribution in [0.3, 0.4) is 0 Å². The van der Waals surface area contributed by atoms with E-state index in [0.717, 1.165) is 19.3 Å². The SMILES string of the molecule is O=C(NC(CCO)C(=O)O)NC1CCOC1C1CC1. The molecule has 0 aromatic carbocycles. The third kappa shape index (κ3) is 3.81. The number of amides is 2. The van der Waals surface area contributed by atoms with Crippen LogP contribution in [0, 0.1) is 5.92 Å². The van der Waals surface area contributed by atoms with Gasteiger partial charge in [-0.05, 0) is 25.2 Å². The maximum absolute atomic E-state index is 11.8. The molecular formula is C12H20N2O5. The lowest BCUT2D eigenvalue weighted by atomic mass is 10.1. The lowest BCUT2D eigenvalue weighted by Crippen LogP contribution is -2.51. The van der Waals surface area contributed by atoms with Gasteiger partial charge < -0.3 is 25.6 Å². The molecule has 1 aliphatic carbocycles. The van der Waals surface area contributed by atoms with E-state index in [0.29, 0.717) is 12.5 Å². The lowest BCUT2D eigenvalue weighted by Gasteiger charge is -2.21. The molecule has 3 atom stereocenters. The first-order chi connectivity index (χ1) is 9.11. The Morgan fingerprint density at radius 1 is 1.32 bits per heavy atom. The number of rotatable bonds is 6. The molecule has 0 spiro atoms. The zero-order valence-corrected chi connectivity index (χ0v) is 10.7. The quantitative estimate of drug-likeness (QED) is 0.530. The number of hydrogen-bond donors (Lipinski definition) is 4. The van der Waals surface area contributed by atoms with Gasteiger partial charge in [-0.15, -0.1) is 0 Å². The molecule has 0 aromatic heterocycles. The fourth-order valence-electron chi connectivity index (χ4n) is 2.41. The van der Waals surface area contributed by atoms with Gasteiger partial charge in [-0.2, -0.15) is 0 Å². The second-order valence-electron chi connectivity index (χ2n) is 5.09. The molecule has 7 nitrogen and oxygen atoms in total. The molecule has 0 radical (unpaired) electrons. The van der Waals surface area contributed by atoms with Gasteiger partial charge >= 0.3 is 12.0 Å². The number of aliphatic hydroxyl groups is 1. The van der Waals surface area contributed by atoms with Crippen LogP contribution in [-0.4, -0.2) is 53.6 Å². The third-order valence-electron chi connectivity index (χ3n) is 3.56. The number of carboxylic acid groups (broad SMARTS) is 1. The second kappa shape index (κ2) is 6.21. The summed E-state index contributed by atoms with van der Waals surface area (Å²) in [4.78, 5) is 22.6. The van der Waals surface area contributed by atoms with Gasteiger partial charge in [-0.25, -0.2) is 9.59 Å². The summed E-state index contributed by atoms with van der Waals surface area (Å²) in [6.45, 7) is 0.347. The molecule has 1 aliphatic heterocycles. The largest absolute Gasteiger partial charge is 0.480 e. The van der Waals surface area contributed by atoms with Gasteiger partial charge in [0.15, 0.2) is 0 Å². The minimum absolute atomic E-state index is 0.00399. The van der Waals surface area contributed by atoms with Crippen LogP contribution in [-0.2, 0) is 9.53 Å².